The van der Waals surface area contributed by atoms with E-state index in [0.29, 0.717) is 5.75 Å². The van der Waals surface area contributed by atoms with Gasteiger partial charge in [0.2, 0.25) is 0 Å². The van der Waals surface area contributed by atoms with E-state index in [-0.39, 0.29) is 18.2 Å². The fraction of sp³-hybridized carbons (Fsp3) is 0.562. The smallest absolute Gasteiger partial charge is 0.344 e. The lowest BCUT2D eigenvalue weighted by Gasteiger charge is -2.27. The van der Waals surface area contributed by atoms with E-state index >= 15 is 0 Å². The summed E-state index contributed by atoms with van der Waals surface area (Å²) in [5, 5.41) is 0. The van der Waals surface area contributed by atoms with E-state index < -0.39 is 0 Å². The predicted octanol–water partition coefficient (Wildman–Crippen LogP) is 3.64. The van der Waals surface area contributed by atoms with Crippen LogP contribution in [0.2, 0.25) is 0 Å². The molecule has 3 heteroatoms. The van der Waals surface area contributed by atoms with Gasteiger partial charge in [0.1, 0.15) is 11.4 Å². The Morgan fingerprint density at radius 2 is 1.84 bits per heavy atom. The van der Waals surface area contributed by atoms with Gasteiger partial charge >= 0.3 is 5.97 Å². The summed E-state index contributed by atoms with van der Waals surface area (Å²) in [7, 11) is 0. The molecule has 2 rings (SSSR count). The van der Waals surface area contributed by atoms with E-state index in [2.05, 4.69) is 6.92 Å². The summed E-state index contributed by atoms with van der Waals surface area (Å²) in [6.07, 6.45) is 5.17. The van der Waals surface area contributed by atoms with Crippen LogP contribution in [0.5, 0.6) is 5.75 Å². The van der Waals surface area contributed by atoms with Gasteiger partial charge in [0.15, 0.2) is 6.61 Å². The molecule has 19 heavy (non-hydrogen) atoms. The van der Waals surface area contributed by atoms with Crippen LogP contribution in [0.4, 0.5) is 0 Å². The van der Waals surface area contributed by atoms with Crippen LogP contribution in [0, 0.1) is 6.92 Å². The number of hydrogen-bond acceptors (Lipinski definition) is 3. The summed E-state index contributed by atoms with van der Waals surface area (Å²) >= 11 is 0. The summed E-state index contributed by atoms with van der Waals surface area (Å²) < 4.78 is 11.1. The normalized spacial score (nSPS) is 17.2. The minimum Gasteiger partial charge on any atom is -0.482 e. The second-order valence-corrected chi connectivity index (χ2v) is 5.32. The summed E-state index contributed by atoms with van der Waals surface area (Å²) in [5.74, 6) is 0.448. The maximum atomic E-state index is 11.9. The van der Waals surface area contributed by atoms with Gasteiger partial charge in [0.05, 0.1) is 0 Å². The largest absolute Gasteiger partial charge is 0.482 e. The minimum absolute atomic E-state index is 0.00912. The van der Waals surface area contributed by atoms with E-state index in [4.69, 9.17) is 9.47 Å². The Kier molecular flexibility index (Phi) is 4.46. The fourth-order valence-corrected chi connectivity index (χ4v) is 2.59. The predicted molar refractivity (Wildman–Crippen MR) is 74.3 cm³/mol. The Labute approximate surface area is 114 Å². The molecule has 1 aromatic carbocycles. The molecular weight excluding hydrogens is 240 g/mol. The molecule has 0 N–H and O–H groups in total. The third-order valence-corrected chi connectivity index (χ3v) is 3.87. The van der Waals surface area contributed by atoms with Crippen LogP contribution in [0.1, 0.15) is 44.6 Å². The first-order valence-corrected chi connectivity index (χ1v) is 7.05. The van der Waals surface area contributed by atoms with E-state index in [9.17, 15) is 4.79 Å². The zero-order valence-corrected chi connectivity index (χ0v) is 11.8. The molecule has 0 heterocycles. The van der Waals surface area contributed by atoms with Crippen molar-refractivity contribution in [2.24, 2.45) is 0 Å². The molecule has 0 saturated heterocycles. The summed E-state index contributed by atoms with van der Waals surface area (Å²) in [5.41, 5.74) is 0.944. The van der Waals surface area contributed by atoms with Crippen molar-refractivity contribution in [1.82, 2.24) is 0 Å². The third kappa shape index (κ3) is 3.72. The maximum Gasteiger partial charge on any atom is 0.344 e. The average molecular weight is 262 g/mol. The molecule has 0 unspecified atom stereocenters. The Hall–Kier alpha value is -1.51. The van der Waals surface area contributed by atoms with Crippen molar-refractivity contribution >= 4 is 5.97 Å². The quantitative estimate of drug-likeness (QED) is 0.760. The third-order valence-electron chi connectivity index (χ3n) is 3.87. The molecule has 0 bridgehead atoms. The molecule has 104 valence electrons. The van der Waals surface area contributed by atoms with Crippen molar-refractivity contribution in [3.05, 3.63) is 29.8 Å². The number of esters is 1. The zero-order chi connectivity index (χ0) is 13.7. The first-order chi connectivity index (χ1) is 9.13. The highest BCUT2D eigenvalue weighted by Crippen LogP contribution is 2.35. The second-order valence-electron chi connectivity index (χ2n) is 5.32. The Morgan fingerprint density at radius 1 is 1.21 bits per heavy atom. The lowest BCUT2D eigenvalue weighted by atomic mass is 9.99. The van der Waals surface area contributed by atoms with Gasteiger partial charge in [-0.25, -0.2) is 4.79 Å². The Morgan fingerprint density at radius 3 is 2.42 bits per heavy atom. The zero-order valence-electron chi connectivity index (χ0n) is 11.8. The van der Waals surface area contributed by atoms with Gasteiger partial charge in [-0.2, -0.15) is 0 Å². The molecule has 0 aromatic heterocycles. The van der Waals surface area contributed by atoms with Crippen molar-refractivity contribution in [1.29, 1.82) is 0 Å². The van der Waals surface area contributed by atoms with Crippen LogP contribution in [0.25, 0.3) is 0 Å². The second kappa shape index (κ2) is 6.09. The molecule has 1 aliphatic rings. The standard InChI is InChI=1S/C16H22O3/c1-3-16(10-4-5-11-16)19-15(17)12-18-14-8-6-13(2)7-9-14/h6-9H,3-5,10-12H2,1-2H3. The van der Waals surface area contributed by atoms with E-state index in [0.717, 1.165) is 32.1 Å². The molecule has 1 aromatic rings. The van der Waals surface area contributed by atoms with Crippen LogP contribution in [0.15, 0.2) is 24.3 Å². The van der Waals surface area contributed by atoms with E-state index in [1.165, 1.54) is 5.56 Å². The number of benzene rings is 1. The van der Waals surface area contributed by atoms with Gasteiger partial charge in [0.25, 0.3) is 0 Å². The Bertz CT molecular complexity index is 416. The molecular formula is C16H22O3. The number of ether oxygens (including phenoxy) is 2. The van der Waals surface area contributed by atoms with Crippen molar-refractivity contribution < 1.29 is 14.3 Å². The van der Waals surface area contributed by atoms with Gasteiger partial charge in [-0.15, -0.1) is 0 Å². The Balaban J connectivity index is 1.82. The number of rotatable bonds is 5. The minimum atomic E-state index is -0.260. The highest BCUT2D eigenvalue weighted by Gasteiger charge is 2.35. The van der Waals surface area contributed by atoms with Crippen LogP contribution in [-0.2, 0) is 9.53 Å². The molecule has 1 saturated carbocycles. The van der Waals surface area contributed by atoms with E-state index in [1.54, 1.807) is 0 Å². The van der Waals surface area contributed by atoms with Crippen molar-refractivity contribution in [2.75, 3.05) is 6.61 Å². The molecule has 3 nitrogen and oxygen atoms in total. The summed E-state index contributed by atoms with van der Waals surface area (Å²) in [6.45, 7) is 4.09. The molecule has 0 amide bonds. The van der Waals surface area contributed by atoms with Gasteiger partial charge in [-0.1, -0.05) is 24.6 Å². The number of carbonyl (C=O) groups is 1. The number of hydrogen-bond donors (Lipinski definition) is 0. The van der Waals surface area contributed by atoms with Crippen molar-refractivity contribution in [3.63, 3.8) is 0 Å². The van der Waals surface area contributed by atoms with Crippen LogP contribution in [0.3, 0.4) is 0 Å². The molecule has 0 spiro atoms. The molecule has 0 atom stereocenters. The van der Waals surface area contributed by atoms with Crippen LogP contribution < -0.4 is 4.74 Å². The topological polar surface area (TPSA) is 35.5 Å². The average Bonchev–Trinajstić information content (AvgIpc) is 2.87. The molecule has 1 fully saturated rings. The fourth-order valence-electron chi connectivity index (χ4n) is 2.59. The molecule has 0 aliphatic heterocycles. The molecule has 0 radical (unpaired) electrons. The van der Waals surface area contributed by atoms with Gasteiger partial charge in [-0.05, 0) is 51.2 Å². The first kappa shape index (κ1) is 13.9. The van der Waals surface area contributed by atoms with Crippen molar-refractivity contribution in [2.45, 2.75) is 51.6 Å². The first-order valence-electron chi connectivity index (χ1n) is 7.05. The lowest BCUT2D eigenvalue weighted by Crippen LogP contribution is -2.33. The molecule has 1 aliphatic carbocycles. The summed E-state index contributed by atoms with van der Waals surface area (Å²) in [4.78, 5) is 11.9. The maximum absolute atomic E-state index is 11.9. The van der Waals surface area contributed by atoms with Gasteiger partial charge < -0.3 is 9.47 Å². The van der Waals surface area contributed by atoms with Crippen LogP contribution in [-0.4, -0.2) is 18.2 Å². The van der Waals surface area contributed by atoms with Crippen LogP contribution >= 0.6 is 0 Å². The summed E-state index contributed by atoms with van der Waals surface area (Å²) in [6, 6.07) is 7.66. The van der Waals surface area contributed by atoms with Gasteiger partial charge in [-0.3, -0.25) is 0 Å². The van der Waals surface area contributed by atoms with E-state index in [1.807, 2.05) is 31.2 Å². The van der Waals surface area contributed by atoms with Crippen molar-refractivity contribution in [3.8, 4) is 5.75 Å². The van der Waals surface area contributed by atoms with Gasteiger partial charge in [0, 0.05) is 0 Å². The highest BCUT2D eigenvalue weighted by molar-refractivity contribution is 5.71. The SMILES string of the molecule is CCC1(OC(=O)COc2ccc(C)cc2)CCCC1. The lowest BCUT2D eigenvalue weighted by molar-refractivity contribution is -0.162. The number of carbonyl (C=O) groups excluding carboxylic acids is 1. The number of aryl methyl sites for hydroxylation is 1. The monoisotopic (exact) mass is 262 g/mol. The highest BCUT2D eigenvalue weighted by atomic mass is 16.6.